The zero-order valence-electron chi connectivity index (χ0n) is 10.6. The van der Waals surface area contributed by atoms with Crippen LogP contribution in [-0.2, 0) is 0 Å². The molecule has 2 heteroatoms. The van der Waals surface area contributed by atoms with Crippen molar-refractivity contribution in [3.8, 4) is 0 Å². The second-order valence-corrected chi connectivity index (χ2v) is 4.27. The fourth-order valence-corrected chi connectivity index (χ4v) is 2.11. The molecule has 0 aliphatic rings. The maximum atomic E-state index is 3.68. The van der Waals surface area contributed by atoms with Crippen molar-refractivity contribution < 1.29 is 0 Å². The zero-order valence-corrected chi connectivity index (χ0v) is 10.6. The summed E-state index contributed by atoms with van der Waals surface area (Å²) in [6, 6.07) is 15.2. The second-order valence-electron chi connectivity index (χ2n) is 4.27. The Morgan fingerprint density at radius 3 is 2.83 bits per heavy atom. The van der Waals surface area contributed by atoms with Gasteiger partial charge in [0.25, 0.3) is 0 Å². The van der Waals surface area contributed by atoms with Crippen LogP contribution >= 0.6 is 0 Å². The van der Waals surface area contributed by atoms with E-state index in [9.17, 15) is 0 Å². The summed E-state index contributed by atoms with van der Waals surface area (Å²) in [6.07, 6.45) is 3.68. The SMILES string of the molecule is C=NC=CCN[C@H](C)c1cccc2ccccc12. The summed E-state index contributed by atoms with van der Waals surface area (Å²) >= 11 is 0. The van der Waals surface area contributed by atoms with E-state index < -0.39 is 0 Å². The third kappa shape index (κ3) is 2.84. The Morgan fingerprint density at radius 2 is 2.00 bits per heavy atom. The van der Waals surface area contributed by atoms with Gasteiger partial charge in [-0.3, -0.25) is 4.99 Å². The minimum absolute atomic E-state index is 0.311. The first-order chi connectivity index (χ1) is 8.83. The molecule has 2 aromatic carbocycles. The molecule has 0 bridgehead atoms. The van der Waals surface area contributed by atoms with Crippen molar-refractivity contribution in [2.75, 3.05) is 6.54 Å². The van der Waals surface area contributed by atoms with Gasteiger partial charge in [0.15, 0.2) is 0 Å². The van der Waals surface area contributed by atoms with E-state index in [2.05, 4.69) is 66.4 Å². The fraction of sp³-hybridized carbons (Fsp3) is 0.188. The molecule has 0 heterocycles. The lowest BCUT2D eigenvalue weighted by Crippen LogP contribution is -2.18. The average molecular weight is 238 g/mol. The van der Waals surface area contributed by atoms with Crippen LogP contribution in [-0.4, -0.2) is 13.3 Å². The summed E-state index contributed by atoms with van der Waals surface area (Å²) < 4.78 is 0. The van der Waals surface area contributed by atoms with Gasteiger partial charge in [0.05, 0.1) is 0 Å². The van der Waals surface area contributed by atoms with Crippen molar-refractivity contribution in [3.63, 3.8) is 0 Å². The van der Waals surface area contributed by atoms with Gasteiger partial charge in [-0.2, -0.15) is 0 Å². The lowest BCUT2D eigenvalue weighted by Gasteiger charge is -2.15. The van der Waals surface area contributed by atoms with Crippen molar-refractivity contribution >= 4 is 17.5 Å². The van der Waals surface area contributed by atoms with Crippen molar-refractivity contribution in [3.05, 3.63) is 60.3 Å². The van der Waals surface area contributed by atoms with Crippen molar-refractivity contribution in [1.29, 1.82) is 0 Å². The molecule has 0 aliphatic carbocycles. The van der Waals surface area contributed by atoms with E-state index in [4.69, 9.17) is 0 Å². The van der Waals surface area contributed by atoms with Crippen LogP contribution in [0.4, 0.5) is 0 Å². The Balaban J connectivity index is 2.19. The van der Waals surface area contributed by atoms with Gasteiger partial charge in [0.2, 0.25) is 0 Å². The fourth-order valence-electron chi connectivity index (χ4n) is 2.11. The number of nitrogens with zero attached hydrogens (tertiary/aromatic N) is 1. The molecule has 2 aromatic rings. The van der Waals surface area contributed by atoms with Crippen LogP contribution in [0.3, 0.4) is 0 Å². The van der Waals surface area contributed by atoms with E-state index in [0.29, 0.717) is 6.04 Å². The highest BCUT2D eigenvalue weighted by molar-refractivity contribution is 5.86. The highest BCUT2D eigenvalue weighted by atomic mass is 14.9. The second kappa shape index (κ2) is 6.12. The molecule has 92 valence electrons. The Hall–Kier alpha value is -1.93. The summed E-state index contributed by atoms with van der Waals surface area (Å²) in [5, 5.41) is 6.05. The summed E-state index contributed by atoms with van der Waals surface area (Å²) in [5.41, 5.74) is 1.33. The number of rotatable bonds is 5. The topological polar surface area (TPSA) is 24.4 Å². The van der Waals surface area contributed by atoms with E-state index in [-0.39, 0.29) is 0 Å². The molecule has 0 fully saturated rings. The van der Waals surface area contributed by atoms with E-state index in [1.165, 1.54) is 16.3 Å². The molecule has 0 spiro atoms. The van der Waals surface area contributed by atoms with E-state index in [1.54, 1.807) is 6.20 Å². The number of benzene rings is 2. The Morgan fingerprint density at radius 1 is 1.22 bits per heavy atom. The highest BCUT2D eigenvalue weighted by Gasteiger charge is 2.07. The van der Waals surface area contributed by atoms with E-state index in [0.717, 1.165) is 6.54 Å². The van der Waals surface area contributed by atoms with Gasteiger partial charge >= 0.3 is 0 Å². The minimum atomic E-state index is 0.311. The quantitative estimate of drug-likeness (QED) is 0.789. The van der Waals surface area contributed by atoms with Crippen LogP contribution in [0, 0.1) is 0 Å². The summed E-state index contributed by atoms with van der Waals surface area (Å²) in [5.74, 6) is 0. The lowest BCUT2D eigenvalue weighted by atomic mass is 10.00. The first-order valence-electron chi connectivity index (χ1n) is 6.15. The van der Waals surface area contributed by atoms with Crippen LogP contribution in [0.1, 0.15) is 18.5 Å². The van der Waals surface area contributed by atoms with Gasteiger partial charge in [-0.05, 0) is 30.0 Å². The van der Waals surface area contributed by atoms with Gasteiger partial charge < -0.3 is 5.32 Å². The standard InChI is InChI=1S/C16H18N2/c1-13(18-12-6-11-17-2)15-10-5-8-14-7-3-4-9-16(14)15/h3-11,13,18H,2,12H2,1H3/t13-/m1/s1. The third-order valence-corrected chi connectivity index (χ3v) is 3.04. The van der Waals surface area contributed by atoms with Crippen molar-refractivity contribution in [1.82, 2.24) is 5.32 Å². The van der Waals surface area contributed by atoms with Crippen molar-refractivity contribution in [2.45, 2.75) is 13.0 Å². The van der Waals surface area contributed by atoms with Crippen LogP contribution in [0.5, 0.6) is 0 Å². The molecule has 0 aliphatic heterocycles. The molecule has 0 aromatic heterocycles. The van der Waals surface area contributed by atoms with Gasteiger partial charge in [-0.1, -0.05) is 48.5 Å². The predicted octanol–water partition coefficient (Wildman–Crippen LogP) is 3.70. The molecule has 1 N–H and O–H groups in total. The van der Waals surface area contributed by atoms with Gasteiger partial charge in [0.1, 0.15) is 0 Å². The van der Waals surface area contributed by atoms with Crippen molar-refractivity contribution in [2.24, 2.45) is 4.99 Å². The molecule has 2 nitrogen and oxygen atoms in total. The molecule has 0 saturated heterocycles. The monoisotopic (exact) mass is 238 g/mol. The number of hydrogen-bond donors (Lipinski definition) is 1. The predicted molar refractivity (Wildman–Crippen MR) is 79.1 cm³/mol. The number of nitrogens with one attached hydrogen (secondary N) is 1. The number of fused-ring (bicyclic) bond motifs is 1. The Kier molecular flexibility index (Phi) is 4.26. The summed E-state index contributed by atoms with van der Waals surface area (Å²) in [4.78, 5) is 3.68. The maximum Gasteiger partial charge on any atom is 0.0300 e. The molecular weight excluding hydrogens is 220 g/mol. The lowest BCUT2D eigenvalue weighted by molar-refractivity contribution is 0.621. The molecule has 0 saturated carbocycles. The number of hydrogen-bond acceptors (Lipinski definition) is 2. The molecule has 0 amide bonds. The van der Waals surface area contributed by atoms with Crippen LogP contribution in [0.2, 0.25) is 0 Å². The largest absolute Gasteiger partial charge is 0.307 e. The minimum Gasteiger partial charge on any atom is -0.307 e. The highest BCUT2D eigenvalue weighted by Crippen LogP contribution is 2.23. The smallest absolute Gasteiger partial charge is 0.0300 e. The molecule has 18 heavy (non-hydrogen) atoms. The van der Waals surface area contributed by atoms with E-state index >= 15 is 0 Å². The Bertz CT molecular complexity index is 553. The Labute approximate surface area is 108 Å². The first kappa shape index (κ1) is 12.5. The molecular formula is C16H18N2. The first-order valence-corrected chi connectivity index (χ1v) is 6.15. The molecule has 1 atom stereocenters. The number of aliphatic imine (C=N–C) groups is 1. The van der Waals surface area contributed by atoms with Crippen LogP contribution in [0.25, 0.3) is 10.8 Å². The molecule has 2 rings (SSSR count). The van der Waals surface area contributed by atoms with E-state index in [1.807, 2.05) is 6.08 Å². The van der Waals surface area contributed by atoms with Gasteiger partial charge in [-0.25, -0.2) is 0 Å². The zero-order chi connectivity index (χ0) is 12.8. The van der Waals surface area contributed by atoms with Gasteiger partial charge in [-0.15, -0.1) is 0 Å². The molecule has 0 radical (unpaired) electrons. The van der Waals surface area contributed by atoms with Crippen LogP contribution < -0.4 is 5.32 Å². The third-order valence-electron chi connectivity index (χ3n) is 3.04. The van der Waals surface area contributed by atoms with Crippen LogP contribution in [0.15, 0.2) is 59.7 Å². The molecule has 0 unspecified atom stereocenters. The average Bonchev–Trinajstić information content (AvgIpc) is 2.43. The van der Waals surface area contributed by atoms with Gasteiger partial charge in [0, 0.05) is 18.8 Å². The normalized spacial score (nSPS) is 12.9. The summed E-state index contributed by atoms with van der Waals surface area (Å²) in [7, 11) is 0. The maximum absolute atomic E-state index is 3.68. The summed E-state index contributed by atoms with van der Waals surface area (Å²) in [6.45, 7) is 6.38.